The van der Waals surface area contributed by atoms with Crippen molar-refractivity contribution in [1.29, 1.82) is 0 Å². The van der Waals surface area contributed by atoms with Gasteiger partial charge < -0.3 is 9.64 Å². The first kappa shape index (κ1) is 27.7. The Labute approximate surface area is 241 Å². The highest BCUT2D eigenvalue weighted by atomic mass is 35.5. The summed E-state index contributed by atoms with van der Waals surface area (Å²) in [6.07, 6.45) is 3.47. The fourth-order valence-electron chi connectivity index (χ4n) is 5.01. The second-order valence-corrected chi connectivity index (χ2v) is 9.40. The molecule has 1 aliphatic heterocycles. The Morgan fingerprint density at radius 3 is 2.37 bits per heavy atom. The molecule has 1 saturated heterocycles. The van der Waals surface area contributed by atoms with Crippen LogP contribution in [0.25, 0.3) is 45.1 Å². The van der Waals surface area contributed by atoms with Gasteiger partial charge in [0.2, 0.25) is 0 Å². The van der Waals surface area contributed by atoms with Crippen molar-refractivity contribution >= 4 is 40.6 Å². The Kier molecular flexibility index (Phi) is 7.91. The van der Waals surface area contributed by atoms with E-state index < -0.39 is 10.5 Å². The summed E-state index contributed by atoms with van der Waals surface area (Å²) in [4.78, 5) is 32.0. The van der Waals surface area contributed by atoms with Gasteiger partial charge in [-0.05, 0) is 54.1 Å². The normalized spacial score (nSPS) is 13.0. The van der Waals surface area contributed by atoms with Crippen LogP contribution in [-0.4, -0.2) is 46.0 Å². The number of ether oxygens (including phenoxy) is 1. The van der Waals surface area contributed by atoms with Crippen molar-refractivity contribution < 1.29 is 9.66 Å². The van der Waals surface area contributed by atoms with Gasteiger partial charge in [0.25, 0.3) is 11.2 Å². The summed E-state index contributed by atoms with van der Waals surface area (Å²) in [6, 6.07) is 23.5. The zero-order chi connectivity index (χ0) is 27.6. The number of morpholine rings is 1. The molecule has 206 valence electrons. The summed E-state index contributed by atoms with van der Waals surface area (Å²) < 4.78 is 6.62. The molecule has 1 aliphatic rings. The van der Waals surface area contributed by atoms with E-state index in [1.54, 1.807) is 36.5 Å². The molecule has 3 heterocycles. The van der Waals surface area contributed by atoms with Gasteiger partial charge >= 0.3 is 0 Å². The number of hydrogen-bond donors (Lipinski definition) is 0. The molecule has 0 aliphatic carbocycles. The SMILES string of the molecule is C=Cc1cc(-c2ccccn2)cc(-c2nn(-c3cc(N4CCOCC4)ccc3[N+](=O)[O-])c(=O)c3ccccc23)c1.Cl. The topological polar surface area (TPSA) is 103 Å². The fourth-order valence-corrected chi connectivity index (χ4v) is 5.01. The highest BCUT2D eigenvalue weighted by Crippen LogP contribution is 2.33. The van der Waals surface area contributed by atoms with Crippen molar-refractivity contribution in [3.63, 3.8) is 0 Å². The van der Waals surface area contributed by atoms with Gasteiger partial charge in [0.15, 0.2) is 0 Å². The molecule has 0 radical (unpaired) electrons. The molecule has 41 heavy (non-hydrogen) atoms. The summed E-state index contributed by atoms with van der Waals surface area (Å²) >= 11 is 0. The maximum absolute atomic E-state index is 13.8. The number of halogens is 1. The van der Waals surface area contributed by atoms with Gasteiger partial charge in [0.05, 0.1) is 34.9 Å². The minimum atomic E-state index is -0.487. The number of nitrogens with zero attached hydrogens (tertiary/aromatic N) is 5. The van der Waals surface area contributed by atoms with Crippen molar-refractivity contribution in [2.24, 2.45) is 0 Å². The molecule has 0 N–H and O–H groups in total. The van der Waals surface area contributed by atoms with Crippen molar-refractivity contribution in [1.82, 2.24) is 14.8 Å². The molecule has 0 unspecified atom stereocenters. The predicted molar refractivity (Wildman–Crippen MR) is 163 cm³/mol. The molecule has 5 aromatic rings. The third-order valence-electron chi connectivity index (χ3n) is 6.99. The lowest BCUT2D eigenvalue weighted by molar-refractivity contribution is -0.384. The van der Waals surface area contributed by atoms with Crippen molar-refractivity contribution in [2.75, 3.05) is 31.2 Å². The van der Waals surface area contributed by atoms with E-state index in [1.165, 1.54) is 6.07 Å². The molecule has 0 amide bonds. The van der Waals surface area contributed by atoms with Gasteiger partial charge in [-0.25, -0.2) is 0 Å². The van der Waals surface area contributed by atoms with E-state index in [4.69, 9.17) is 9.84 Å². The molecule has 2 aromatic heterocycles. The molecule has 3 aromatic carbocycles. The minimum absolute atomic E-state index is 0. The number of anilines is 1. The Balaban J connectivity index is 0.00000337. The van der Waals surface area contributed by atoms with E-state index in [2.05, 4.69) is 16.5 Å². The van der Waals surface area contributed by atoms with E-state index in [1.807, 2.05) is 48.5 Å². The molecule has 0 saturated carbocycles. The third kappa shape index (κ3) is 5.32. The number of benzene rings is 3. The van der Waals surface area contributed by atoms with E-state index >= 15 is 0 Å². The van der Waals surface area contributed by atoms with Crippen molar-refractivity contribution in [3.05, 3.63) is 118 Å². The number of hydrogen-bond acceptors (Lipinski definition) is 7. The zero-order valence-electron chi connectivity index (χ0n) is 22.0. The largest absolute Gasteiger partial charge is 0.378 e. The lowest BCUT2D eigenvalue weighted by atomic mass is 9.98. The van der Waals surface area contributed by atoms with Crippen molar-refractivity contribution in [3.8, 4) is 28.2 Å². The van der Waals surface area contributed by atoms with Gasteiger partial charge in [-0.15, -0.1) is 12.4 Å². The molecule has 6 rings (SSSR count). The lowest BCUT2D eigenvalue weighted by Gasteiger charge is -2.29. The lowest BCUT2D eigenvalue weighted by Crippen LogP contribution is -2.36. The fraction of sp³-hybridized carbons (Fsp3) is 0.129. The van der Waals surface area contributed by atoms with Crippen LogP contribution in [0.3, 0.4) is 0 Å². The standard InChI is InChI=1S/C31H25N5O4.ClH/c1-2-21-17-22(27-9-5-6-12-32-27)19-23(18-21)30-25-7-3-4-8-26(25)31(37)35(33-30)29-20-24(10-11-28(29)36(38)39)34-13-15-40-16-14-34;/h2-12,17-20H,1,13-16H2;1H. The predicted octanol–water partition coefficient (Wildman–Crippen LogP) is 5.92. The first-order chi connectivity index (χ1) is 19.5. The molecule has 1 fully saturated rings. The van der Waals surface area contributed by atoms with Crippen LogP contribution < -0.4 is 10.5 Å². The van der Waals surface area contributed by atoms with Crippen LogP contribution in [0.1, 0.15) is 5.56 Å². The Morgan fingerprint density at radius 2 is 1.66 bits per heavy atom. The quantitative estimate of drug-likeness (QED) is 0.185. The van der Waals surface area contributed by atoms with Crippen molar-refractivity contribution in [2.45, 2.75) is 0 Å². The number of fused-ring (bicyclic) bond motifs is 1. The second-order valence-electron chi connectivity index (χ2n) is 9.40. The molecule has 0 spiro atoms. The van der Waals surface area contributed by atoms with Crippen LogP contribution in [0.2, 0.25) is 0 Å². The number of nitro groups is 1. The number of rotatable bonds is 6. The molecule has 10 heteroatoms. The first-order valence-corrected chi connectivity index (χ1v) is 12.9. The highest BCUT2D eigenvalue weighted by Gasteiger charge is 2.23. The Hall–Kier alpha value is -4.86. The monoisotopic (exact) mass is 567 g/mol. The molecule has 0 bridgehead atoms. The Bertz CT molecular complexity index is 1820. The number of nitro benzene ring substituents is 1. The van der Waals surface area contributed by atoms with Gasteiger partial charge in [0.1, 0.15) is 5.69 Å². The van der Waals surface area contributed by atoms with Gasteiger partial charge in [-0.1, -0.05) is 36.9 Å². The van der Waals surface area contributed by atoms with Gasteiger partial charge in [-0.3, -0.25) is 19.9 Å². The van der Waals surface area contributed by atoms with E-state index in [-0.39, 0.29) is 23.8 Å². The van der Waals surface area contributed by atoms with Crippen LogP contribution in [-0.2, 0) is 4.74 Å². The molecular weight excluding hydrogens is 542 g/mol. The van der Waals surface area contributed by atoms with Crippen LogP contribution in [0, 0.1) is 10.1 Å². The smallest absolute Gasteiger partial charge is 0.295 e. The Morgan fingerprint density at radius 1 is 0.927 bits per heavy atom. The van der Waals surface area contributed by atoms with E-state index in [0.29, 0.717) is 42.8 Å². The third-order valence-corrected chi connectivity index (χ3v) is 6.99. The average Bonchev–Trinajstić information content (AvgIpc) is 3.01. The summed E-state index contributed by atoms with van der Waals surface area (Å²) in [7, 11) is 0. The first-order valence-electron chi connectivity index (χ1n) is 12.9. The van der Waals surface area contributed by atoms with Crippen LogP contribution in [0.5, 0.6) is 0 Å². The average molecular weight is 568 g/mol. The zero-order valence-corrected chi connectivity index (χ0v) is 22.8. The van der Waals surface area contributed by atoms with Gasteiger partial charge in [-0.2, -0.15) is 9.78 Å². The molecule has 0 atom stereocenters. The van der Waals surface area contributed by atoms with Crippen LogP contribution in [0.4, 0.5) is 11.4 Å². The second kappa shape index (κ2) is 11.7. The van der Waals surface area contributed by atoms with Crippen LogP contribution >= 0.6 is 12.4 Å². The van der Waals surface area contributed by atoms with E-state index in [9.17, 15) is 14.9 Å². The summed E-state index contributed by atoms with van der Waals surface area (Å²) in [5, 5.41) is 17.9. The van der Waals surface area contributed by atoms with E-state index in [0.717, 1.165) is 32.8 Å². The van der Waals surface area contributed by atoms with Crippen LogP contribution in [0.15, 0.2) is 96.4 Å². The molecular formula is C31H26ClN5O4. The number of pyridine rings is 1. The van der Waals surface area contributed by atoms with Gasteiger partial charge in [0, 0.05) is 47.6 Å². The minimum Gasteiger partial charge on any atom is -0.378 e. The maximum Gasteiger partial charge on any atom is 0.295 e. The number of aromatic nitrogens is 3. The maximum atomic E-state index is 13.8. The summed E-state index contributed by atoms with van der Waals surface area (Å²) in [5.74, 6) is 0. The highest BCUT2D eigenvalue weighted by molar-refractivity contribution is 5.95. The summed E-state index contributed by atoms with van der Waals surface area (Å²) in [6.45, 7) is 6.35. The molecule has 9 nitrogen and oxygen atoms in total. The summed E-state index contributed by atoms with van der Waals surface area (Å²) in [5.41, 5.74) is 3.96.